The van der Waals surface area contributed by atoms with E-state index in [9.17, 15) is 13.2 Å². The quantitative estimate of drug-likeness (QED) is 0.850. The molecule has 2 fully saturated rings. The van der Waals surface area contributed by atoms with E-state index in [1.54, 1.807) is 11.3 Å². The van der Waals surface area contributed by atoms with E-state index in [1.165, 1.54) is 19.3 Å². The van der Waals surface area contributed by atoms with E-state index in [-0.39, 0.29) is 29.9 Å². The summed E-state index contributed by atoms with van der Waals surface area (Å²) in [5.74, 6) is 0.104. The zero-order valence-electron chi connectivity index (χ0n) is 13.2. The molecule has 128 valence electrons. The van der Waals surface area contributed by atoms with Crippen molar-refractivity contribution in [2.24, 2.45) is 0 Å². The molecule has 1 atom stereocenters. The Morgan fingerprint density at radius 3 is 2.83 bits per heavy atom. The van der Waals surface area contributed by atoms with Crippen molar-refractivity contribution in [3.63, 3.8) is 0 Å². The third-order valence-electron chi connectivity index (χ3n) is 4.35. The maximum Gasteiger partial charge on any atom is 0.226 e. The molecule has 0 bridgehead atoms. The highest BCUT2D eigenvalue weighted by atomic mass is 32.2. The lowest BCUT2D eigenvalue weighted by Crippen LogP contribution is -2.36. The first-order valence-electron chi connectivity index (χ1n) is 8.16. The molecule has 0 spiro atoms. The van der Waals surface area contributed by atoms with Gasteiger partial charge in [-0.3, -0.25) is 9.69 Å². The van der Waals surface area contributed by atoms with Gasteiger partial charge in [0.25, 0.3) is 0 Å². The fourth-order valence-electron chi connectivity index (χ4n) is 3.16. The second-order valence-corrected chi connectivity index (χ2v) is 9.59. The van der Waals surface area contributed by atoms with Crippen molar-refractivity contribution < 1.29 is 13.2 Å². The van der Waals surface area contributed by atoms with Crippen LogP contribution in [0.25, 0.3) is 0 Å². The lowest BCUT2D eigenvalue weighted by atomic mass is 10.1. The largest absolute Gasteiger partial charge is 0.352 e. The molecule has 1 aromatic heterocycles. The first-order chi connectivity index (χ1) is 11.0. The lowest BCUT2D eigenvalue weighted by Gasteiger charge is -2.25. The SMILES string of the molecule is O=C(Cc1csc(CN2CCCCC2)n1)NC1CCS(=O)(=O)C1. The minimum absolute atomic E-state index is 0.0655. The molecule has 0 aliphatic carbocycles. The number of carbonyl (C=O) groups excluding carboxylic acids is 1. The van der Waals surface area contributed by atoms with Gasteiger partial charge in [0.2, 0.25) is 5.91 Å². The fraction of sp³-hybridized carbons (Fsp3) is 0.733. The highest BCUT2D eigenvalue weighted by Gasteiger charge is 2.28. The summed E-state index contributed by atoms with van der Waals surface area (Å²) in [6.07, 6.45) is 4.57. The molecule has 3 rings (SSSR count). The predicted octanol–water partition coefficient (Wildman–Crippen LogP) is 0.975. The summed E-state index contributed by atoms with van der Waals surface area (Å²) < 4.78 is 22.8. The summed E-state index contributed by atoms with van der Waals surface area (Å²) in [6, 6.07) is -0.237. The van der Waals surface area contributed by atoms with Crippen LogP contribution < -0.4 is 5.32 Å². The van der Waals surface area contributed by atoms with Crippen LogP contribution in [0.2, 0.25) is 0 Å². The average Bonchev–Trinajstić information content (AvgIpc) is 3.06. The standard InChI is InChI=1S/C15H23N3O3S2/c19-14(16-12-4-7-23(20,21)11-12)8-13-10-22-15(17-13)9-18-5-2-1-3-6-18/h10,12H,1-9,11H2,(H,16,19). The molecular weight excluding hydrogens is 334 g/mol. The van der Waals surface area contributed by atoms with Crippen molar-refractivity contribution in [1.82, 2.24) is 15.2 Å². The van der Waals surface area contributed by atoms with E-state index in [0.717, 1.165) is 30.3 Å². The molecular formula is C15H23N3O3S2. The second-order valence-electron chi connectivity index (χ2n) is 6.41. The summed E-state index contributed by atoms with van der Waals surface area (Å²) in [4.78, 5) is 19.0. The van der Waals surface area contributed by atoms with Crippen LogP contribution in [0.15, 0.2) is 5.38 Å². The van der Waals surface area contributed by atoms with Gasteiger partial charge in [-0.2, -0.15) is 0 Å². The number of rotatable bonds is 5. The van der Waals surface area contributed by atoms with Crippen LogP contribution in [-0.4, -0.2) is 54.8 Å². The predicted molar refractivity (Wildman–Crippen MR) is 90.1 cm³/mol. The summed E-state index contributed by atoms with van der Waals surface area (Å²) >= 11 is 1.60. The van der Waals surface area contributed by atoms with Crippen LogP contribution >= 0.6 is 11.3 Å². The van der Waals surface area contributed by atoms with Gasteiger partial charge in [0.1, 0.15) is 5.01 Å². The molecule has 6 nitrogen and oxygen atoms in total. The zero-order valence-corrected chi connectivity index (χ0v) is 14.8. The third kappa shape index (κ3) is 4.99. The van der Waals surface area contributed by atoms with Crippen LogP contribution in [0.3, 0.4) is 0 Å². The second kappa shape index (κ2) is 7.27. The van der Waals surface area contributed by atoms with Gasteiger partial charge in [0, 0.05) is 11.4 Å². The molecule has 23 heavy (non-hydrogen) atoms. The number of thiazole rings is 1. The lowest BCUT2D eigenvalue weighted by molar-refractivity contribution is -0.121. The zero-order chi connectivity index (χ0) is 16.3. The van der Waals surface area contributed by atoms with Gasteiger partial charge >= 0.3 is 0 Å². The van der Waals surface area contributed by atoms with E-state index in [2.05, 4.69) is 15.2 Å². The van der Waals surface area contributed by atoms with Crippen molar-refractivity contribution >= 4 is 27.1 Å². The van der Waals surface area contributed by atoms with Crippen LogP contribution in [-0.2, 0) is 27.6 Å². The molecule has 3 heterocycles. The molecule has 1 aromatic rings. The number of aromatic nitrogens is 1. The van der Waals surface area contributed by atoms with Gasteiger partial charge < -0.3 is 5.32 Å². The van der Waals surface area contributed by atoms with Crippen LogP contribution in [0, 0.1) is 0 Å². The smallest absolute Gasteiger partial charge is 0.226 e. The number of hydrogen-bond acceptors (Lipinski definition) is 6. The maximum absolute atomic E-state index is 12.0. The molecule has 2 aliphatic rings. The number of nitrogens with one attached hydrogen (secondary N) is 1. The monoisotopic (exact) mass is 357 g/mol. The van der Waals surface area contributed by atoms with Gasteiger partial charge in [-0.1, -0.05) is 6.42 Å². The van der Waals surface area contributed by atoms with E-state index >= 15 is 0 Å². The Hall–Kier alpha value is -0.990. The van der Waals surface area contributed by atoms with E-state index < -0.39 is 9.84 Å². The van der Waals surface area contributed by atoms with Crippen LogP contribution in [0.1, 0.15) is 36.4 Å². The third-order valence-corrected chi connectivity index (χ3v) is 7.00. The highest BCUT2D eigenvalue weighted by Crippen LogP contribution is 2.17. The molecule has 0 saturated carbocycles. The van der Waals surface area contributed by atoms with Crippen molar-refractivity contribution in [1.29, 1.82) is 0 Å². The van der Waals surface area contributed by atoms with Gasteiger partial charge in [-0.25, -0.2) is 13.4 Å². The molecule has 0 radical (unpaired) electrons. The molecule has 8 heteroatoms. The van der Waals surface area contributed by atoms with Crippen LogP contribution in [0.5, 0.6) is 0 Å². The minimum Gasteiger partial charge on any atom is -0.352 e. The van der Waals surface area contributed by atoms with E-state index in [4.69, 9.17) is 0 Å². The minimum atomic E-state index is -2.96. The van der Waals surface area contributed by atoms with Gasteiger partial charge in [0.05, 0.1) is 30.2 Å². The summed E-state index contributed by atoms with van der Waals surface area (Å²) in [5, 5.41) is 5.80. The normalized spacial score (nSPS) is 24.6. The molecule has 1 amide bonds. The van der Waals surface area contributed by atoms with Crippen molar-refractivity contribution in [2.75, 3.05) is 24.6 Å². The molecule has 1 unspecified atom stereocenters. The number of carbonyl (C=O) groups is 1. The Balaban J connectivity index is 1.47. The Bertz CT molecular complexity index is 651. The van der Waals surface area contributed by atoms with Gasteiger partial charge in [-0.15, -0.1) is 11.3 Å². The Kier molecular flexibility index (Phi) is 5.33. The van der Waals surface area contributed by atoms with Crippen molar-refractivity contribution in [3.05, 3.63) is 16.1 Å². The van der Waals surface area contributed by atoms with E-state index in [0.29, 0.717) is 6.42 Å². The number of piperidine rings is 1. The number of nitrogens with zero attached hydrogens (tertiary/aromatic N) is 2. The summed E-state index contributed by atoms with van der Waals surface area (Å²) in [7, 11) is -2.96. The number of sulfone groups is 1. The van der Waals surface area contributed by atoms with Crippen molar-refractivity contribution in [3.8, 4) is 0 Å². The first-order valence-corrected chi connectivity index (χ1v) is 10.9. The fourth-order valence-corrected chi connectivity index (χ4v) is 5.67. The Labute approximate surface area is 141 Å². The summed E-state index contributed by atoms with van der Waals surface area (Å²) in [6.45, 7) is 3.13. The topological polar surface area (TPSA) is 79.4 Å². The van der Waals surface area contributed by atoms with Crippen molar-refractivity contribution in [2.45, 2.75) is 44.7 Å². The number of likely N-dealkylation sites (tertiary alicyclic amines) is 1. The molecule has 0 aromatic carbocycles. The highest BCUT2D eigenvalue weighted by molar-refractivity contribution is 7.91. The maximum atomic E-state index is 12.0. The Morgan fingerprint density at radius 1 is 1.35 bits per heavy atom. The molecule has 2 aliphatic heterocycles. The number of amides is 1. The van der Waals surface area contributed by atoms with Gasteiger partial charge in [0.15, 0.2) is 9.84 Å². The van der Waals surface area contributed by atoms with E-state index in [1.807, 2.05) is 5.38 Å². The Morgan fingerprint density at radius 2 is 2.13 bits per heavy atom. The molecule has 1 N–H and O–H groups in total. The molecule has 2 saturated heterocycles. The van der Waals surface area contributed by atoms with Crippen LogP contribution in [0.4, 0.5) is 0 Å². The average molecular weight is 358 g/mol. The summed E-state index contributed by atoms with van der Waals surface area (Å²) in [5.41, 5.74) is 0.778. The van der Waals surface area contributed by atoms with Gasteiger partial charge in [-0.05, 0) is 32.4 Å². The number of hydrogen-bond donors (Lipinski definition) is 1. The first kappa shape index (κ1) is 16.9.